The Labute approximate surface area is 86.2 Å². The Morgan fingerprint density at radius 2 is 2.29 bits per heavy atom. The van der Waals surface area contributed by atoms with Gasteiger partial charge in [-0.15, -0.1) is 11.8 Å². The lowest BCUT2D eigenvalue weighted by molar-refractivity contribution is -0.403. The van der Waals surface area contributed by atoms with E-state index in [4.69, 9.17) is 0 Å². The first kappa shape index (κ1) is 11.3. The Bertz CT molecular complexity index is 362. The Morgan fingerprint density at radius 1 is 1.64 bits per heavy atom. The lowest BCUT2D eigenvalue weighted by Crippen LogP contribution is -2.32. The summed E-state index contributed by atoms with van der Waals surface area (Å²) in [5.41, 5.74) is 0. The van der Waals surface area contributed by atoms with Gasteiger partial charge in [0.05, 0.1) is 11.2 Å². The van der Waals surface area contributed by atoms with E-state index in [1.165, 1.54) is 11.8 Å². The molecule has 1 fully saturated rings. The summed E-state index contributed by atoms with van der Waals surface area (Å²) in [6, 6.07) is 0. The maximum absolute atomic E-state index is 11.2. The molecule has 80 valence electrons. The zero-order chi connectivity index (χ0) is 10.8. The monoisotopic (exact) mass is 238 g/mol. The van der Waals surface area contributed by atoms with Crippen LogP contribution < -0.4 is 0 Å². The highest BCUT2D eigenvalue weighted by molar-refractivity contribution is 8.03. The van der Waals surface area contributed by atoms with E-state index in [1.807, 2.05) is 0 Å². The summed E-state index contributed by atoms with van der Waals surface area (Å²) in [5, 5.41) is 10.4. The molecule has 1 saturated heterocycles. The summed E-state index contributed by atoms with van der Waals surface area (Å²) < 4.78 is 23.5. The molecular weight excluding hydrogens is 228 g/mol. The average molecular weight is 238 g/mol. The van der Waals surface area contributed by atoms with Crippen LogP contribution in [0.25, 0.3) is 0 Å². The van der Waals surface area contributed by atoms with E-state index < -0.39 is 14.9 Å². The van der Waals surface area contributed by atoms with Crippen LogP contribution in [0.1, 0.15) is 6.42 Å². The van der Waals surface area contributed by atoms with E-state index >= 15 is 0 Å². The van der Waals surface area contributed by atoms with Crippen LogP contribution in [-0.4, -0.2) is 36.2 Å². The van der Waals surface area contributed by atoms with Gasteiger partial charge in [-0.05, 0) is 6.42 Å². The lowest BCUT2D eigenvalue weighted by atomic mass is 10.5. The summed E-state index contributed by atoms with van der Waals surface area (Å²) in [7, 11) is -3.38. The van der Waals surface area contributed by atoms with Crippen LogP contribution >= 0.6 is 11.8 Å². The molecule has 0 aromatic heterocycles. The summed E-state index contributed by atoms with van der Waals surface area (Å²) in [4.78, 5) is 9.60. The summed E-state index contributed by atoms with van der Waals surface area (Å²) in [5.74, 6) is 0.714. The van der Waals surface area contributed by atoms with Crippen molar-refractivity contribution in [2.24, 2.45) is 0 Å². The molecule has 0 aromatic carbocycles. The zero-order valence-corrected chi connectivity index (χ0v) is 9.18. The van der Waals surface area contributed by atoms with Crippen LogP contribution in [0.3, 0.4) is 0 Å². The van der Waals surface area contributed by atoms with E-state index in [2.05, 4.69) is 0 Å². The number of rotatable bonds is 2. The maximum atomic E-state index is 11.2. The fourth-order valence-corrected chi connectivity index (χ4v) is 3.37. The second kappa shape index (κ2) is 4.18. The van der Waals surface area contributed by atoms with Gasteiger partial charge in [0.1, 0.15) is 0 Å². The predicted molar refractivity (Wildman–Crippen MR) is 53.7 cm³/mol. The number of nitrogens with zero attached hydrogens (tertiary/aromatic N) is 2. The van der Waals surface area contributed by atoms with Crippen LogP contribution in [0.15, 0.2) is 11.2 Å². The first-order chi connectivity index (χ1) is 6.41. The van der Waals surface area contributed by atoms with Crippen molar-refractivity contribution in [1.82, 2.24) is 4.31 Å². The number of sulfonamides is 1. The highest BCUT2D eigenvalue weighted by atomic mass is 32.2. The minimum absolute atomic E-state index is 0.198. The van der Waals surface area contributed by atoms with Crippen LogP contribution in [0.4, 0.5) is 0 Å². The third-order valence-electron chi connectivity index (χ3n) is 1.62. The van der Waals surface area contributed by atoms with Crippen LogP contribution in [0, 0.1) is 10.1 Å². The van der Waals surface area contributed by atoms with Gasteiger partial charge in [0.15, 0.2) is 5.03 Å². The predicted octanol–water partition coefficient (Wildman–Crippen LogP) is 0.461. The van der Waals surface area contributed by atoms with Crippen molar-refractivity contribution in [2.75, 3.05) is 18.6 Å². The van der Waals surface area contributed by atoms with E-state index in [9.17, 15) is 18.5 Å². The Morgan fingerprint density at radius 3 is 2.79 bits per heavy atom. The first-order valence-corrected chi connectivity index (χ1v) is 6.70. The van der Waals surface area contributed by atoms with Crippen molar-refractivity contribution in [3.63, 3.8) is 0 Å². The van der Waals surface area contributed by atoms with E-state index in [1.54, 1.807) is 0 Å². The van der Waals surface area contributed by atoms with Crippen LogP contribution in [0.5, 0.6) is 0 Å². The third-order valence-corrected chi connectivity index (χ3v) is 4.03. The minimum atomic E-state index is -3.38. The zero-order valence-electron chi connectivity index (χ0n) is 7.54. The Hall–Kier alpha value is -0.760. The second-order valence-corrected chi connectivity index (χ2v) is 5.81. The standard InChI is InChI=1S/C6H10N2O4S2/c1-14(11,12)7-3-2-4-13-6(7)5-8(9)10/h5H,2-4H2,1H3/b6-5-. The fraction of sp³-hybridized carbons (Fsp3) is 0.667. The van der Waals surface area contributed by atoms with Crippen LogP contribution in [0.2, 0.25) is 0 Å². The highest BCUT2D eigenvalue weighted by Crippen LogP contribution is 2.28. The molecule has 6 nitrogen and oxygen atoms in total. The summed E-state index contributed by atoms with van der Waals surface area (Å²) in [6.07, 6.45) is 2.50. The Kier molecular flexibility index (Phi) is 3.38. The molecule has 1 aliphatic rings. The van der Waals surface area contributed by atoms with Crippen molar-refractivity contribution in [1.29, 1.82) is 0 Å². The number of nitro groups is 1. The van der Waals surface area contributed by atoms with Gasteiger partial charge in [-0.3, -0.25) is 14.4 Å². The molecule has 0 amide bonds. The molecule has 14 heavy (non-hydrogen) atoms. The number of hydrogen-bond acceptors (Lipinski definition) is 5. The molecule has 0 radical (unpaired) electrons. The number of hydrogen-bond donors (Lipinski definition) is 0. The largest absolute Gasteiger partial charge is 0.265 e. The smallest absolute Gasteiger partial charge is 0.259 e. The lowest BCUT2D eigenvalue weighted by Gasteiger charge is -2.26. The van der Waals surface area contributed by atoms with Crippen molar-refractivity contribution in [2.45, 2.75) is 6.42 Å². The van der Waals surface area contributed by atoms with Crippen molar-refractivity contribution >= 4 is 21.8 Å². The molecule has 0 atom stereocenters. The van der Waals surface area contributed by atoms with Gasteiger partial charge < -0.3 is 0 Å². The first-order valence-electron chi connectivity index (χ1n) is 3.87. The van der Waals surface area contributed by atoms with Gasteiger partial charge >= 0.3 is 0 Å². The molecule has 1 rings (SSSR count). The van der Waals surface area contributed by atoms with Crippen molar-refractivity contribution in [3.05, 3.63) is 21.3 Å². The van der Waals surface area contributed by atoms with E-state index in [-0.39, 0.29) is 5.03 Å². The van der Waals surface area contributed by atoms with Gasteiger partial charge in [-0.2, -0.15) is 0 Å². The van der Waals surface area contributed by atoms with Gasteiger partial charge in [0, 0.05) is 12.3 Å². The normalized spacial score (nSPS) is 21.2. The molecule has 0 bridgehead atoms. The van der Waals surface area contributed by atoms with Gasteiger partial charge in [0.25, 0.3) is 6.20 Å². The Balaban J connectivity index is 2.96. The molecule has 0 aromatic rings. The SMILES string of the molecule is CS(=O)(=O)N1CCCS/C1=C\[N+](=O)[O-]. The minimum Gasteiger partial charge on any atom is -0.259 e. The molecule has 0 N–H and O–H groups in total. The van der Waals surface area contributed by atoms with Gasteiger partial charge in [-0.1, -0.05) is 0 Å². The van der Waals surface area contributed by atoms with Crippen molar-refractivity contribution in [3.8, 4) is 0 Å². The average Bonchev–Trinajstić information content (AvgIpc) is 2.01. The molecule has 0 unspecified atom stereocenters. The van der Waals surface area contributed by atoms with Gasteiger partial charge in [0.2, 0.25) is 10.0 Å². The maximum Gasteiger partial charge on any atom is 0.265 e. The number of thioether (sulfide) groups is 1. The quantitative estimate of drug-likeness (QED) is 0.515. The molecule has 0 spiro atoms. The fourth-order valence-electron chi connectivity index (χ4n) is 1.09. The van der Waals surface area contributed by atoms with E-state index in [0.717, 1.165) is 16.8 Å². The van der Waals surface area contributed by atoms with Crippen molar-refractivity contribution < 1.29 is 13.3 Å². The highest BCUT2D eigenvalue weighted by Gasteiger charge is 2.25. The molecule has 1 heterocycles. The van der Waals surface area contributed by atoms with Crippen LogP contribution in [-0.2, 0) is 10.0 Å². The molecule has 0 saturated carbocycles. The molecular formula is C6H10N2O4S2. The van der Waals surface area contributed by atoms with E-state index in [0.29, 0.717) is 18.7 Å². The molecule has 8 heteroatoms. The summed E-state index contributed by atoms with van der Waals surface area (Å²) >= 11 is 1.19. The molecule has 0 aliphatic carbocycles. The molecule has 1 aliphatic heterocycles. The summed E-state index contributed by atoms with van der Waals surface area (Å²) in [6.45, 7) is 0.325. The third kappa shape index (κ3) is 2.88. The topological polar surface area (TPSA) is 80.5 Å². The second-order valence-electron chi connectivity index (χ2n) is 2.79. The van der Waals surface area contributed by atoms with Gasteiger partial charge in [-0.25, -0.2) is 8.42 Å².